The molecule has 2 rings (SSSR count). The molecule has 6 heteroatoms. The zero-order chi connectivity index (χ0) is 17.0. The van der Waals surface area contributed by atoms with Crippen molar-refractivity contribution in [2.75, 3.05) is 39.9 Å². The molecule has 0 saturated carbocycles. The van der Waals surface area contributed by atoms with Crippen LogP contribution in [0.4, 0.5) is 0 Å². The Bertz CT molecular complexity index is 542. The second-order valence-electron chi connectivity index (χ2n) is 6.56. The van der Waals surface area contributed by atoms with Gasteiger partial charge in [-0.05, 0) is 31.5 Å². The highest BCUT2D eigenvalue weighted by Gasteiger charge is 2.34. The highest BCUT2D eigenvalue weighted by atomic mass is 79.9. The zero-order valence-corrected chi connectivity index (χ0v) is 15.5. The summed E-state index contributed by atoms with van der Waals surface area (Å²) in [6, 6.07) is 6.96. The summed E-state index contributed by atoms with van der Waals surface area (Å²) in [7, 11) is 1.71. The first kappa shape index (κ1) is 18.4. The normalized spacial score (nSPS) is 18.8. The van der Waals surface area contributed by atoms with E-state index in [2.05, 4.69) is 34.7 Å². The van der Waals surface area contributed by atoms with Crippen LogP contribution in [0.15, 0.2) is 28.7 Å². The van der Waals surface area contributed by atoms with E-state index in [4.69, 9.17) is 4.74 Å². The van der Waals surface area contributed by atoms with Gasteiger partial charge >= 0.3 is 5.97 Å². The lowest BCUT2D eigenvalue weighted by atomic mass is 10.0. The summed E-state index contributed by atoms with van der Waals surface area (Å²) in [5, 5.41) is 9.69. The highest BCUT2D eigenvalue weighted by Crippen LogP contribution is 2.27. The fourth-order valence-electron chi connectivity index (χ4n) is 3.22. The molecule has 23 heavy (non-hydrogen) atoms. The van der Waals surface area contributed by atoms with Gasteiger partial charge in [0, 0.05) is 43.3 Å². The van der Waals surface area contributed by atoms with Crippen molar-refractivity contribution in [1.29, 1.82) is 0 Å². The number of aliphatic carboxylic acids is 1. The Morgan fingerprint density at radius 2 is 2.00 bits per heavy atom. The number of rotatable bonds is 6. The van der Waals surface area contributed by atoms with Gasteiger partial charge in [-0.2, -0.15) is 0 Å². The SMILES string of the molecule is COCC(C)(C)N1CCN(C(C(=O)O)c2cccc(Br)c2)CC1. The summed E-state index contributed by atoms with van der Waals surface area (Å²) < 4.78 is 6.20. The van der Waals surface area contributed by atoms with Gasteiger partial charge in [-0.3, -0.25) is 14.6 Å². The van der Waals surface area contributed by atoms with E-state index in [-0.39, 0.29) is 5.54 Å². The molecule has 0 amide bonds. The maximum atomic E-state index is 11.8. The van der Waals surface area contributed by atoms with E-state index in [0.717, 1.165) is 36.2 Å². The number of carbonyl (C=O) groups is 1. The molecule has 0 aliphatic carbocycles. The lowest BCUT2D eigenvalue weighted by Crippen LogP contribution is -2.57. The molecule has 0 aromatic heterocycles. The van der Waals surface area contributed by atoms with E-state index in [1.807, 2.05) is 29.2 Å². The molecule has 1 saturated heterocycles. The number of carboxylic acid groups (broad SMARTS) is 1. The van der Waals surface area contributed by atoms with Gasteiger partial charge < -0.3 is 9.84 Å². The van der Waals surface area contributed by atoms with E-state index in [1.165, 1.54) is 0 Å². The van der Waals surface area contributed by atoms with Crippen LogP contribution in [0.25, 0.3) is 0 Å². The maximum Gasteiger partial charge on any atom is 0.325 e. The van der Waals surface area contributed by atoms with Gasteiger partial charge in [0.2, 0.25) is 0 Å². The Labute approximate surface area is 146 Å². The molecule has 1 aromatic carbocycles. The molecule has 1 heterocycles. The Balaban J connectivity index is 2.08. The van der Waals surface area contributed by atoms with E-state index in [1.54, 1.807) is 7.11 Å². The van der Waals surface area contributed by atoms with Crippen LogP contribution >= 0.6 is 15.9 Å². The quantitative estimate of drug-likeness (QED) is 0.816. The minimum atomic E-state index is -0.798. The molecule has 0 bridgehead atoms. The minimum absolute atomic E-state index is 0.0324. The fourth-order valence-corrected chi connectivity index (χ4v) is 3.63. The van der Waals surface area contributed by atoms with Gasteiger partial charge in [-0.15, -0.1) is 0 Å². The van der Waals surface area contributed by atoms with Crippen LogP contribution in [0.1, 0.15) is 25.5 Å². The van der Waals surface area contributed by atoms with Crippen LogP contribution in [-0.2, 0) is 9.53 Å². The topological polar surface area (TPSA) is 53.0 Å². The Kier molecular flexibility index (Phi) is 6.19. The Hall–Kier alpha value is -0.950. The first-order valence-corrected chi connectivity index (χ1v) is 8.61. The fraction of sp³-hybridized carbons (Fsp3) is 0.588. The van der Waals surface area contributed by atoms with Crippen molar-refractivity contribution in [2.24, 2.45) is 0 Å². The minimum Gasteiger partial charge on any atom is -0.480 e. The summed E-state index contributed by atoms with van der Waals surface area (Å²) in [4.78, 5) is 16.2. The Morgan fingerprint density at radius 3 is 2.52 bits per heavy atom. The lowest BCUT2D eigenvalue weighted by molar-refractivity contribution is -0.144. The maximum absolute atomic E-state index is 11.8. The second kappa shape index (κ2) is 7.75. The monoisotopic (exact) mass is 384 g/mol. The number of benzene rings is 1. The van der Waals surface area contributed by atoms with Crippen LogP contribution < -0.4 is 0 Å². The number of nitrogens with zero attached hydrogens (tertiary/aromatic N) is 2. The van der Waals surface area contributed by atoms with E-state index >= 15 is 0 Å². The Morgan fingerprint density at radius 1 is 1.35 bits per heavy atom. The molecule has 1 unspecified atom stereocenters. The first-order valence-electron chi connectivity index (χ1n) is 7.81. The van der Waals surface area contributed by atoms with Crippen LogP contribution in [-0.4, -0.2) is 66.3 Å². The number of piperazine rings is 1. The molecule has 128 valence electrons. The number of hydrogen-bond acceptors (Lipinski definition) is 4. The van der Waals surface area contributed by atoms with Crippen molar-refractivity contribution in [2.45, 2.75) is 25.4 Å². The molecule has 0 spiro atoms. The molecule has 0 radical (unpaired) electrons. The number of methoxy groups -OCH3 is 1. The number of halogens is 1. The smallest absolute Gasteiger partial charge is 0.325 e. The highest BCUT2D eigenvalue weighted by molar-refractivity contribution is 9.10. The molecular formula is C17H25BrN2O3. The summed E-state index contributed by atoms with van der Waals surface area (Å²) in [6.07, 6.45) is 0. The van der Waals surface area contributed by atoms with Crippen molar-refractivity contribution in [3.63, 3.8) is 0 Å². The van der Waals surface area contributed by atoms with Crippen molar-refractivity contribution in [3.05, 3.63) is 34.3 Å². The van der Waals surface area contributed by atoms with Crippen LogP contribution in [0.3, 0.4) is 0 Å². The summed E-state index contributed by atoms with van der Waals surface area (Å²) in [5.41, 5.74) is 0.784. The molecule has 1 N–H and O–H groups in total. The predicted octanol–water partition coefficient (Wildman–Crippen LogP) is 2.62. The van der Waals surface area contributed by atoms with Crippen molar-refractivity contribution >= 4 is 21.9 Å². The van der Waals surface area contributed by atoms with Gasteiger partial charge in [0.05, 0.1) is 6.61 Å². The third-order valence-corrected chi connectivity index (χ3v) is 4.92. The van der Waals surface area contributed by atoms with Gasteiger partial charge in [-0.1, -0.05) is 28.1 Å². The summed E-state index contributed by atoms with van der Waals surface area (Å²) in [5.74, 6) is -0.798. The standard InChI is InChI=1S/C17H25BrN2O3/c1-17(2,12-23-3)20-9-7-19(8-10-20)15(16(21)22)13-5-4-6-14(18)11-13/h4-6,11,15H,7-10,12H2,1-3H3,(H,21,22). The average Bonchev–Trinajstić information content (AvgIpc) is 2.47. The van der Waals surface area contributed by atoms with E-state index in [0.29, 0.717) is 6.61 Å². The molecule has 1 aliphatic rings. The molecule has 1 atom stereocenters. The van der Waals surface area contributed by atoms with Crippen molar-refractivity contribution in [3.8, 4) is 0 Å². The predicted molar refractivity (Wildman–Crippen MR) is 93.6 cm³/mol. The van der Waals surface area contributed by atoms with E-state index < -0.39 is 12.0 Å². The van der Waals surface area contributed by atoms with Crippen LogP contribution in [0, 0.1) is 0 Å². The van der Waals surface area contributed by atoms with Gasteiger partial charge in [-0.25, -0.2) is 0 Å². The zero-order valence-electron chi connectivity index (χ0n) is 14.0. The van der Waals surface area contributed by atoms with E-state index in [9.17, 15) is 9.90 Å². The third-order valence-electron chi connectivity index (χ3n) is 4.43. The molecule has 1 aliphatic heterocycles. The summed E-state index contributed by atoms with van der Waals surface area (Å²) >= 11 is 3.42. The largest absolute Gasteiger partial charge is 0.480 e. The molecular weight excluding hydrogens is 360 g/mol. The van der Waals surface area contributed by atoms with Gasteiger partial charge in [0.25, 0.3) is 0 Å². The molecule has 5 nitrogen and oxygen atoms in total. The number of ether oxygens (including phenoxy) is 1. The first-order chi connectivity index (χ1) is 10.8. The van der Waals surface area contributed by atoms with Gasteiger partial charge in [0.1, 0.15) is 6.04 Å². The average molecular weight is 385 g/mol. The van der Waals surface area contributed by atoms with Crippen molar-refractivity contribution < 1.29 is 14.6 Å². The second-order valence-corrected chi connectivity index (χ2v) is 7.48. The number of hydrogen-bond donors (Lipinski definition) is 1. The summed E-state index contributed by atoms with van der Waals surface area (Å²) in [6.45, 7) is 8.14. The molecule has 1 aromatic rings. The third kappa shape index (κ3) is 4.53. The molecule has 1 fully saturated rings. The van der Waals surface area contributed by atoms with Gasteiger partial charge in [0.15, 0.2) is 0 Å². The number of carboxylic acids is 1. The van der Waals surface area contributed by atoms with Crippen molar-refractivity contribution in [1.82, 2.24) is 9.80 Å². The van der Waals surface area contributed by atoms with Crippen LogP contribution in [0.5, 0.6) is 0 Å². The van der Waals surface area contributed by atoms with Crippen LogP contribution in [0.2, 0.25) is 0 Å². The lowest BCUT2D eigenvalue weighted by Gasteiger charge is -2.45.